The molecule has 1 aliphatic heterocycles. The highest BCUT2D eigenvalue weighted by Gasteiger charge is 2.22. The molecule has 0 bridgehead atoms. The van der Waals surface area contributed by atoms with Gasteiger partial charge in [-0.1, -0.05) is 0 Å². The number of nitrogens with one attached hydrogen (secondary N) is 1. The quantitative estimate of drug-likeness (QED) is 0.768. The van der Waals surface area contributed by atoms with Crippen molar-refractivity contribution in [3.05, 3.63) is 50.5 Å². The molecule has 6 heteroatoms. The van der Waals surface area contributed by atoms with Crippen LogP contribution >= 0.6 is 22.6 Å². The lowest BCUT2D eigenvalue weighted by Crippen LogP contribution is -2.39. The topological polar surface area (TPSA) is 54.3 Å². The fourth-order valence-corrected chi connectivity index (χ4v) is 2.61. The Balaban J connectivity index is 2.16. The number of fused-ring (bicyclic) bond motifs is 1. The second-order valence-corrected chi connectivity index (χ2v) is 5.88. The summed E-state index contributed by atoms with van der Waals surface area (Å²) < 4.78 is 2.64. The van der Waals surface area contributed by atoms with Crippen molar-refractivity contribution in [2.24, 2.45) is 0 Å². The number of amides is 1. The maximum atomic E-state index is 12.5. The molecule has 1 aromatic carbocycles. The van der Waals surface area contributed by atoms with E-state index < -0.39 is 0 Å². The van der Waals surface area contributed by atoms with E-state index in [-0.39, 0.29) is 18.0 Å². The molecule has 0 unspecified atom stereocenters. The van der Waals surface area contributed by atoms with E-state index in [1.807, 2.05) is 30.3 Å². The van der Waals surface area contributed by atoms with Gasteiger partial charge in [-0.15, -0.1) is 0 Å². The number of rotatable bonds is 1. The van der Waals surface area contributed by atoms with Crippen molar-refractivity contribution in [1.82, 2.24) is 4.57 Å². The molecule has 0 atom stereocenters. The number of hydrogen-bond acceptors (Lipinski definition) is 3. The number of pyridine rings is 1. The summed E-state index contributed by atoms with van der Waals surface area (Å²) in [7, 11) is 1.80. The Morgan fingerprint density at radius 2 is 1.85 bits per heavy atom. The van der Waals surface area contributed by atoms with Gasteiger partial charge in [0.05, 0.1) is 12.2 Å². The average Bonchev–Trinajstić information content (AvgIpc) is 2.41. The van der Waals surface area contributed by atoms with Gasteiger partial charge in [0.1, 0.15) is 5.69 Å². The van der Waals surface area contributed by atoms with Crippen LogP contribution in [0.3, 0.4) is 0 Å². The molecule has 0 saturated heterocycles. The lowest BCUT2D eigenvalue weighted by atomic mass is 10.2. The van der Waals surface area contributed by atoms with Crippen molar-refractivity contribution in [2.75, 3.05) is 23.8 Å². The number of anilines is 2. The SMILES string of the molecule is CN1CC(=O)Nc2c1ccn(-c1ccc(I)cc1)c2=O. The van der Waals surface area contributed by atoms with E-state index >= 15 is 0 Å². The maximum absolute atomic E-state index is 12.5. The van der Waals surface area contributed by atoms with Crippen molar-refractivity contribution < 1.29 is 4.79 Å². The van der Waals surface area contributed by atoms with Crippen molar-refractivity contribution in [1.29, 1.82) is 0 Å². The molecule has 0 spiro atoms. The fraction of sp³-hybridized carbons (Fsp3) is 0.143. The van der Waals surface area contributed by atoms with E-state index in [0.717, 1.165) is 14.9 Å². The van der Waals surface area contributed by atoms with Gasteiger partial charge in [-0.05, 0) is 52.9 Å². The number of hydrogen-bond donors (Lipinski definition) is 1. The molecule has 5 nitrogen and oxygen atoms in total. The predicted octanol–water partition coefficient (Wildman–Crippen LogP) is 1.83. The molecule has 3 rings (SSSR count). The van der Waals surface area contributed by atoms with Gasteiger partial charge in [0, 0.05) is 22.5 Å². The van der Waals surface area contributed by atoms with Crippen LogP contribution in [0.4, 0.5) is 11.4 Å². The zero-order chi connectivity index (χ0) is 14.3. The first-order valence-electron chi connectivity index (χ1n) is 6.09. The summed E-state index contributed by atoms with van der Waals surface area (Å²) >= 11 is 2.21. The molecule has 1 N–H and O–H groups in total. The Hall–Kier alpha value is -1.83. The van der Waals surface area contributed by atoms with E-state index in [0.29, 0.717) is 5.69 Å². The minimum Gasteiger partial charge on any atom is -0.363 e. The van der Waals surface area contributed by atoms with Crippen LogP contribution in [0.25, 0.3) is 5.69 Å². The van der Waals surface area contributed by atoms with Crippen LogP contribution in [0.2, 0.25) is 0 Å². The minimum absolute atomic E-state index is 0.169. The Morgan fingerprint density at radius 1 is 1.15 bits per heavy atom. The van der Waals surface area contributed by atoms with Crippen LogP contribution in [0.15, 0.2) is 41.3 Å². The van der Waals surface area contributed by atoms with E-state index in [1.54, 1.807) is 18.1 Å². The largest absolute Gasteiger partial charge is 0.363 e. The molecule has 1 aromatic heterocycles. The number of carbonyl (C=O) groups excluding carboxylic acids is 1. The van der Waals surface area contributed by atoms with Crippen molar-refractivity contribution in [2.45, 2.75) is 0 Å². The zero-order valence-corrected chi connectivity index (χ0v) is 12.9. The summed E-state index contributed by atoms with van der Waals surface area (Å²) in [6.07, 6.45) is 1.73. The minimum atomic E-state index is -0.219. The number of nitrogens with zero attached hydrogens (tertiary/aromatic N) is 2. The molecule has 0 fully saturated rings. The van der Waals surface area contributed by atoms with E-state index in [9.17, 15) is 9.59 Å². The van der Waals surface area contributed by atoms with Gasteiger partial charge in [0.15, 0.2) is 0 Å². The van der Waals surface area contributed by atoms with Gasteiger partial charge in [-0.2, -0.15) is 0 Å². The van der Waals surface area contributed by atoms with Crippen LogP contribution in [0.1, 0.15) is 0 Å². The summed E-state index contributed by atoms with van der Waals surface area (Å²) in [6, 6.07) is 9.47. The van der Waals surface area contributed by atoms with Crippen LogP contribution < -0.4 is 15.8 Å². The predicted molar refractivity (Wildman–Crippen MR) is 86.7 cm³/mol. The number of aromatic nitrogens is 1. The molecule has 0 radical (unpaired) electrons. The summed E-state index contributed by atoms with van der Waals surface area (Å²) in [5.74, 6) is -0.169. The third-order valence-electron chi connectivity index (χ3n) is 3.23. The first-order chi connectivity index (χ1) is 9.56. The van der Waals surface area contributed by atoms with E-state index in [2.05, 4.69) is 27.9 Å². The van der Waals surface area contributed by atoms with Gasteiger partial charge in [0.25, 0.3) is 5.56 Å². The molecule has 1 aliphatic rings. The second-order valence-electron chi connectivity index (χ2n) is 4.63. The number of benzene rings is 1. The number of likely N-dealkylation sites (N-methyl/N-ethyl adjacent to an activating group) is 1. The molecule has 2 aromatic rings. The van der Waals surface area contributed by atoms with Crippen molar-refractivity contribution >= 4 is 39.9 Å². The molecular weight excluding hydrogens is 369 g/mol. The molecule has 0 saturated carbocycles. The van der Waals surface area contributed by atoms with Gasteiger partial charge in [-0.25, -0.2) is 0 Å². The Labute approximate surface area is 129 Å². The third kappa shape index (κ3) is 2.20. The lowest BCUT2D eigenvalue weighted by molar-refractivity contribution is -0.115. The van der Waals surface area contributed by atoms with Gasteiger partial charge >= 0.3 is 0 Å². The van der Waals surface area contributed by atoms with Crippen molar-refractivity contribution in [3.63, 3.8) is 0 Å². The zero-order valence-electron chi connectivity index (χ0n) is 10.8. The standard InChI is InChI=1S/C14H12IN3O2/c1-17-8-12(19)16-13-11(17)6-7-18(14(13)20)10-4-2-9(15)3-5-10/h2-7H,8H2,1H3,(H,16,19). The highest BCUT2D eigenvalue weighted by Crippen LogP contribution is 2.25. The van der Waals surface area contributed by atoms with Gasteiger partial charge in [0.2, 0.25) is 5.91 Å². The van der Waals surface area contributed by atoms with Crippen LogP contribution in [-0.4, -0.2) is 24.1 Å². The van der Waals surface area contributed by atoms with E-state index in [1.165, 1.54) is 4.57 Å². The summed E-state index contributed by atoms with van der Waals surface area (Å²) in [5.41, 5.74) is 1.64. The second kappa shape index (κ2) is 4.93. The monoisotopic (exact) mass is 381 g/mol. The molecule has 2 heterocycles. The number of carbonyl (C=O) groups is 1. The first-order valence-corrected chi connectivity index (χ1v) is 7.17. The molecule has 102 valence electrons. The summed E-state index contributed by atoms with van der Waals surface area (Å²) in [4.78, 5) is 25.9. The third-order valence-corrected chi connectivity index (χ3v) is 3.95. The van der Waals surface area contributed by atoms with Crippen LogP contribution in [0, 0.1) is 3.57 Å². The van der Waals surface area contributed by atoms with Crippen molar-refractivity contribution in [3.8, 4) is 5.69 Å². The van der Waals surface area contributed by atoms with Crippen LogP contribution in [-0.2, 0) is 4.79 Å². The van der Waals surface area contributed by atoms with E-state index in [4.69, 9.17) is 0 Å². The Morgan fingerprint density at radius 3 is 2.55 bits per heavy atom. The molecular formula is C14H12IN3O2. The average molecular weight is 381 g/mol. The molecule has 20 heavy (non-hydrogen) atoms. The molecule has 1 amide bonds. The summed E-state index contributed by atoms with van der Waals surface area (Å²) in [6.45, 7) is 0.264. The maximum Gasteiger partial charge on any atom is 0.281 e. The summed E-state index contributed by atoms with van der Waals surface area (Å²) in [5, 5.41) is 2.66. The fourth-order valence-electron chi connectivity index (χ4n) is 2.25. The molecule has 0 aliphatic carbocycles. The van der Waals surface area contributed by atoms with Crippen LogP contribution in [0.5, 0.6) is 0 Å². The van der Waals surface area contributed by atoms with Gasteiger partial charge < -0.3 is 10.2 Å². The van der Waals surface area contributed by atoms with Gasteiger partial charge in [-0.3, -0.25) is 14.2 Å². The first kappa shape index (κ1) is 13.2. The normalized spacial score (nSPS) is 13.9. The Bertz CT molecular complexity index is 737. The number of halogens is 1. The highest BCUT2D eigenvalue weighted by atomic mass is 127. The Kier molecular flexibility index (Phi) is 3.25. The highest BCUT2D eigenvalue weighted by molar-refractivity contribution is 14.1. The lowest BCUT2D eigenvalue weighted by Gasteiger charge is -2.27. The smallest absolute Gasteiger partial charge is 0.281 e.